The van der Waals surface area contributed by atoms with Gasteiger partial charge in [-0.25, -0.2) is 4.79 Å². The van der Waals surface area contributed by atoms with Gasteiger partial charge >= 0.3 is 5.97 Å². The first-order chi connectivity index (χ1) is 6.02. The Balaban J connectivity index is 4.74. The minimum absolute atomic E-state index is 0.176. The van der Waals surface area contributed by atoms with Gasteiger partial charge in [0.05, 0.1) is 5.57 Å². The number of nitrogens with zero attached hydrogens (tertiary/aromatic N) is 1. The number of carbonyl (C=O) groups excluding carboxylic acids is 1. The van der Waals surface area contributed by atoms with Gasteiger partial charge in [-0.1, -0.05) is 13.5 Å². The summed E-state index contributed by atoms with van der Waals surface area (Å²) in [5, 5.41) is 8.66. The largest absolute Gasteiger partial charge is 0.478 e. The van der Waals surface area contributed by atoms with Crippen LogP contribution < -0.4 is 0 Å². The zero-order valence-electron chi connectivity index (χ0n) is 7.78. The van der Waals surface area contributed by atoms with E-state index < -0.39 is 5.97 Å². The maximum atomic E-state index is 10.9. The summed E-state index contributed by atoms with van der Waals surface area (Å²) in [7, 11) is 0. The monoisotopic (exact) mass is 183 g/mol. The van der Waals surface area contributed by atoms with Crippen molar-refractivity contribution >= 4 is 11.9 Å². The highest BCUT2D eigenvalue weighted by molar-refractivity contribution is 5.87. The van der Waals surface area contributed by atoms with Gasteiger partial charge in [-0.3, -0.25) is 9.69 Å². The first-order valence-corrected chi connectivity index (χ1v) is 3.88. The summed E-state index contributed by atoms with van der Waals surface area (Å²) in [6.45, 7) is 6.45. The van der Waals surface area contributed by atoms with E-state index in [-0.39, 0.29) is 11.5 Å². The second-order valence-electron chi connectivity index (χ2n) is 2.42. The van der Waals surface area contributed by atoms with Crippen LogP contribution in [0, 0.1) is 0 Å². The van der Waals surface area contributed by atoms with Crippen LogP contribution in [0.1, 0.15) is 20.3 Å². The smallest absolute Gasteiger partial charge is 0.333 e. The fraction of sp³-hybridized carbons (Fsp3) is 0.333. The van der Waals surface area contributed by atoms with Crippen LogP contribution >= 0.6 is 0 Å². The number of aliphatic carboxylic acids is 1. The Hall–Kier alpha value is -1.58. The van der Waals surface area contributed by atoms with Gasteiger partial charge in [0.15, 0.2) is 0 Å². The van der Waals surface area contributed by atoms with E-state index >= 15 is 0 Å². The molecule has 0 rings (SSSR count). The highest BCUT2D eigenvalue weighted by Gasteiger charge is 2.07. The summed E-state index contributed by atoms with van der Waals surface area (Å²) < 4.78 is 0. The molecule has 0 spiro atoms. The molecule has 0 aromatic heterocycles. The fourth-order valence-corrected chi connectivity index (χ4v) is 0.738. The van der Waals surface area contributed by atoms with Gasteiger partial charge in [-0.2, -0.15) is 0 Å². The predicted molar refractivity (Wildman–Crippen MR) is 48.7 cm³/mol. The quantitative estimate of drug-likeness (QED) is 0.669. The summed E-state index contributed by atoms with van der Waals surface area (Å²) in [5.74, 6) is -1.28. The summed E-state index contributed by atoms with van der Waals surface area (Å²) in [6, 6.07) is 0. The summed E-state index contributed by atoms with van der Waals surface area (Å²) in [5.41, 5.74) is 0.176. The van der Waals surface area contributed by atoms with Crippen molar-refractivity contribution in [1.82, 2.24) is 4.90 Å². The van der Waals surface area contributed by atoms with Crippen molar-refractivity contribution in [2.45, 2.75) is 20.3 Å². The molecule has 0 aliphatic rings. The van der Waals surface area contributed by atoms with Gasteiger partial charge in [0.25, 0.3) is 0 Å². The molecule has 13 heavy (non-hydrogen) atoms. The molecule has 4 nitrogen and oxygen atoms in total. The Morgan fingerprint density at radius 1 is 1.54 bits per heavy atom. The third kappa shape index (κ3) is 3.55. The summed E-state index contributed by atoms with van der Waals surface area (Å²) in [6.07, 6.45) is 2.92. The first kappa shape index (κ1) is 11.4. The van der Waals surface area contributed by atoms with Crippen LogP contribution in [0.15, 0.2) is 24.6 Å². The molecule has 4 heteroatoms. The van der Waals surface area contributed by atoms with E-state index in [2.05, 4.69) is 6.58 Å². The highest BCUT2D eigenvalue weighted by Crippen LogP contribution is 2.04. The number of carboxylic acid groups (broad SMARTS) is 1. The zero-order valence-corrected chi connectivity index (χ0v) is 7.78. The molecule has 0 radical (unpaired) electrons. The van der Waals surface area contributed by atoms with Gasteiger partial charge < -0.3 is 5.11 Å². The number of rotatable bonds is 4. The highest BCUT2D eigenvalue weighted by atomic mass is 16.4. The predicted octanol–water partition coefficient (Wildman–Crippen LogP) is 1.36. The second-order valence-corrected chi connectivity index (χ2v) is 2.42. The van der Waals surface area contributed by atoms with Gasteiger partial charge in [-0.15, -0.1) is 0 Å². The van der Waals surface area contributed by atoms with Crippen LogP contribution in [-0.2, 0) is 9.59 Å². The van der Waals surface area contributed by atoms with Gasteiger partial charge in [-0.05, 0) is 6.42 Å². The lowest BCUT2D eigenvalue weighted by atomic mass is 10.2. The summed E-state index contributed by atoms with van der Waals surface area (Å²) >= 11 is 0. The van der Waals surface area contributed by atoms with Crippen LogP contribution in [0.25, 0.3) is 0 Å². The van der Waals surface area contributed by atoms with E-state index in [1.807, 2.05) is 0 Å². The van der Waals surface area contributed by atoms with Gasteiger partial charge in [0, 0.05) is 19.3 Å². The average molecular weight is 183 g/mol. The molecular weight excluding hydrogens is 170 g/mol. The maximum absolute atomic E-state index is 10.9. The molecule has 0 unspecified atom stereocenters. The van der Waals surface area contributed by atoms with Crippen LogP contribution in [0.3, 0.4) is 0 Å². The average Bonchev–Trinajstić information content (AvgIpc) is 2.05. The number of carboxylic acids is 1. The molecule has 0 atom stereocenters. The molecule has 0 aliphatic carbocycles. The molecule has 0 fully saturated rings. The maximum Gasteiger partial charge on any atom is 0.333 e. The minimum Gasteiger partial charge on any atom is -0.478 e. The van der Waals surface area contributed by atoms with Crippen LogP contribution in [0.5, 0.6) is 0 Å². The molecule has 72 valence electrons. The lowest BCUT2D eigenvalue weighted by Crippen LogP contribution is -2.17. The molecule has 0 saturated carbocycles. The number of hydrogen-bond acceptors (Lipinski definition) is 2. The third-order valence-electron chi connectivity index (χ3n) is 1.51. The van der Waals surface area contributed by atoms with Crippen molar-refractivity contribution in [1.29, 1.82) is 0 Å². The molecule has 1 amide bonds. The molecule has 0 aliphatic heterocycles. The van der Waals surface area contributed by atoms with Gasteiger partial charge in [0.2, 0.25) is 5.91 Å². The number of hydrogen-bond donors (Lipinski definition) is 1. The Bertz CT molecular complexity index is 256. The Morgan fingerprint density at radius 2 is 2.08 bits per heavy atom. The van der Waals surface area contributed by atoms with Crippen molar-refractivity contribution in [2.24, 2.45) is 0 Å². The molecule has 0 aromatic rings. The Morgan fingerprint density at radius 3 is 2.31 bits per heavy atom. The van der Waals surface area contributed by atoms with Gasteiger partial charge in [0.1, 0.15) is 0 Å². The molecule has 0 aromatic carbocycles. The van der Waals surface area contributed by atoms with Crippen molar-refractivity contribution in [3.63, 3.8) is 0 Å². The SMILES string of the molecule is C=CN(C=C(CC)C(=O)O)C(C)=O. The Kier molecular flexibility index (Phi) is 4.51. The minimum atomic E-state index is -1.02. The Labute approximate surface area is 77.2 Å². The molecule has 1 N–H and O–H groups in total. The van der Waals surface area contributed by atoms with E-state index in [9.17, 15) is 9.59 Å². The first-order valence-electron chi connectivity index (χ1n) is 3.88. The van der Waals surface area contributed by atoms with Crippen molar-refractivity contribution < 1.29 is 14.7 Å². The van der Waals surface area contributed by atoms with Crippen molar-refractivity contribution in [2.75, 3.05) is 0 Å². The van der Waals surface area contributed by atoms with E-state index in [0.717, 1.165) is 4.90 Å². The second kappa shape index (κ2) is 5.13. The van der Waals surface area contributed by atoms with Crippen molar-refractivity contribution in [3.05, 3.63) is 24.6 Å². The normalized spacial score (nSPS) is 10.8. The molecule has 0 heterocycles. The fourth-order valence-electron chi connectivity index (χ4n) is 0.738. The summed E-state index contributed by atoms with van der Waals surface area (Å²) in [4.78, 5) is 22.6. The van der Waals surface area contributed by atoms with Crippen LogP contribution in [0.2, 0.25) is 0 Å². The van der Waals surface area contributed by atoms with Crippen LogP contribution in [0.4, 0.5) is 0 Å². The van der Waals surface area contributed by atoms with E-state index in [4.69, 9.17) is 5.11 Å². The van der Waals surface area contributed by atoms with Crippen LogP contribution in [-0.4, -0.2) is 21.9 Å². The molecule has 0 saturated heterocycles. The molecule has 0 bridgehead atoms. The third-order valence-corrected chi connectivity index (χ3v) is 1.51. The lowest BCUT2D eigenvalue weighted by molar-refractivity contribution is -0.132. The number of carbonyl (C=O) groups is 2. The lowest BCUT2D eigenvalue weighted by Gasteiger charge is -2.10. The molecular formula is C9H13NO3. The van der Waals surface area contributed by atoms with Crippen molar-refractivity contribution in [3.8, 4) is 0 Å². The number of amides is 1. The zero-order chi connectivity index (χ0) is 10.4. The van der Waals surface area contributed by atoms with E-state index in [0.29, 0.717) is 6.42 Å². The standard InChI is InChI=1S/C9H13NO3/c1-4-8(9(12)13)6-10(5-2)7(3)11/h5-6H,2,4H2,1,3H3,(H,12,13). The van der Waals surface area contributed by atoms with E-state index in [1.165, 1.54) is 19.3 Å². The topological polar surface area (TPSA) is 57.6 Å². The van der Waals surface area contributed by atoms with E-state index in [1.54, 1.807) is 6.92 Å².